The highest BCUT2D eigenvalue weighted by Gasteiger charge is 2.42. The van der Waals surface area contributed by atoms with E-state index in [-0.39, 0.29) is 5.41 Å². The number of halogens is 2. The Labute approximate surface area is 198 Å². The van der Waals surface area contributed by atoms with Crippen LogP contribution in [0.15, 0.2) is 29.5 Å². The number of benzene rings is 1. The number of piperidine rings is 1. The van der Waals surface area contributed by atoms with Crippen molar-refractivity contribution in [3.63, 3.8) is 0 Å². The maximum absolute atomic E-state index is 6.32. The molecule has 9 heteroatoms. The normalized spacial score (nSPS) is 22.1. The van der Waals surface area contributed by atoms with Crippen LogP contribution >= 0.6 is 23.2 Å². The van der Waals surface area contributed by atoms with E-state index >= 15 is 0 Å². The second kappa shape index (κ2) is 9.14. The van der Waals surface area contributed by atoms with Crippen LogP contribution in [0.4, 0.5) is 11.6 Å². The molecule has 7 nitrogen and oxygen atoms in total. The first-order valence-electron chi connectivity index (χ1n) is 11.1. The van der Waals surface area contributed by atoms with Gasteiger partial charge in [0.05, 0.1) is 29.8 Å². The van der Waals surface area contributed by atoms with E-state index in [1.165, 1.54) is 5.56 Å². The van der Waals surface area contributed by atoms with Gasteiger partial charge < -0.3 is 19.9 Å². The highest BCUT2D eigenvalue weighted by molar-refractivity contribution is 6.42. The number of hydrogen-bond donors (Lipinski definition) is 1. The zero-order valence-electron chi connectivity index (χ0n) is 18.3. The molecule has 32 heavy (non-hydrogen) atoms. The molecule has 5 rings (SSSR count). The second-order valence-electron chi connectivity index (χ2n) is 8.96. The van der Waals surface area contributed by atoms with E-state index in [0.717, 1.165) is 81.7 Å². The van der Waals surface area contributed by atoms with Crippen molar-refractivity contribution in [2.45, 2.75) is 25.8 Å². The minimum Gasteiger partial charge on any atom is -0.378 e. The summed E-state index contributed by atoms with van der Waals surface area (Å²) in [6, 6.07) is 3.91. The molecule has 3 aliphatic rings. The van der Waals surface area contributed by atoms with Crippen molar-refractivity contribution >= 4 is 40.7 Å². The van der Waals surface area contributed by atoms with Crippen molar-refractivity contribution in [1.82, 2.24) is 14.9 Å². The molecule has 2 fully saturated rings. The van der Waals surface area contributed by atoms with Crippen molar-refractivity contribution in [2.75, 3.05) is 56.7 Å². The maximum Gasteiger partial charge on any atom is 0.225 e. The lowest BCUT2D eigenvalue weighted by molar-refractivity contribution is 0.122. The van der Waals surface area contributed by atoms with Gasteiger partial charge in [0.25, 0.3) is 0 Å². The monoisotopic (exact) mass is 474 g/mol. The van der Waals surface area contributed by atoms with Crippen LogP contribution in [-0.2, 0) is 17.7 Å². The number of aromatic nitrogens is 2. The zero-order valence-corrected chi connectivity index (χ0v) is 19.8. The molecular formula is C23H28Cl2N6O. The van der Waals surface area contributed by atoms with E-state index in [2.05, 4.69) is 32.1 Å². The Kier molecular flexibility index (Phi) is 6.25. The van der Waals surface area contributed by atoms with Crippen LogP contribution in [-0.4, -0.2) is 67.1 Å². The number of nitrogens with one attached hydrogen (secondary N) is 1. The number of nitrogens with zero attached hydrogens (tertiary/aromatic N) is 5. The standard InChI is InChI=1S/C23H28Cl2N6O/c1-30-4-2-23(3-5-30)12-17-10-18(24)19(25)11-20(17)29-21(23)26-13-16-14-27-22(28-15-16)31-6-8-32-9-7-31/h10-11,14-15H,2-9,12-13H2,1H3,(H,26,29). The van der Waals surface area contributed by atoms with Gasteiger partial charge in [0.15, 0.2) is 0 Å². The Morgan fingerprint density at radius 1 is 1.06 bits per heavy atom. The third kappa shape index (κ3) is 4.44. The molecule has 4 heterocycles. The topological polar surface area (TPSA) is 65.9 Å². The molecule has 0 unspecified atom stereocenters. The van der Waals surface area contributed by atoms with Crippen molar-refractivity contribution < 1.29 is 4.74 Å². The number of ether oxygens (including phenoxy) is 1. The van der Waals surface area contributed by atoms with Gasteiger partial charge in [-0.05, 0) is 57.1 Å². The fourth-order valence-corrected chi connectivity index (χ4v) is 5.10. The molecule has 0 amide bonds. The van der Waals surface area contributed by atoms with Gasteiger partial charge >= 0.3 is 0 Å². The number of rotatable bonds is 3. The Morgan fingerprint density at radius 3 is 2.47 bits per heavy atom. The van der Waals surface area contributed by atoms with E-state index in [0.29, 0.717) is 16.6 Å². The third-order valence-corrected chi connectivity index (χ3v) is 7.50. The summed E-state index contributed by atoms with van der Waals surface area (Å²) in [5.74, 6) is 1.79. The molecule has 0 radical (unpaired) electrons. The van der Waals surface area contributed by atoms with Gasteiger partial charge in [-0.3, -0.25) is 4.99 Å². The lowest BCUT2D eigenvalue weighted by atomic mass is 9.70. The molecule has 0 atom stereocenters. The Hall–Kier alpha value is -1.93. The lowest BCUT2D eigenvalue weighted by Gasteiger charge is -2.45. The van der Waals surface area contributed by atoms with Crippen LogP contribution in [0.25, 0.3) is 0 Å². The molecule has 1 aromatic carbocycles. The van der Waals surface area contributed by atoms with E-state index in [1.54, 1.807) is 0 Å². The van der Waals surface area contributed by atoms with Gasteiger partial charge in [-0.25, -0.2) is 9.97 Å². The highest BCUT2D eigenvalue weighted by atomic mass is 35.5. The van der Waals surface area contributed by atoms with E-state index in [4.69, 9.17) is 32.9 Å². The quantitative estimate of drug-likeness (QED) is 0.727. The van der Waals surface area contributed by atoms with Crippen LogP contribution in [0.2, 0.25) is 10.0 Å². The first kappa shape index (κ1) is 21.9. The summed E-state index contributed by atoms with van der Waals surface area (Å²) in [6.45, 7) is 5.74. The predicted octanol–water partition coefficient (Wildman–Crippen LogP) is 3.90. The molecule has 1 aromatic heterocycles. The van der Waals surface area contributed by atoms with Gasteiger partial charge in [0, 0.05) is 42.1 Å². The molecule has 0 saturated carbocycles. The van der Waals surface area contributed by atoms with Gasteiger partial charge in [0.1, 0.15) is 5.84 Å². The van der Waals surface area contributed by atoms with Gasteiger partial charge in [-0.2, -0.15) is 0 Å². The summed E-state index contributed by atoms with van der Waals surface area (Å²) in [6.07, 6.45) is 6.81. The van der Waals surface area contributed by atoms with Gasteiger partial charge in [0.2, 0.25) is 5.95 Å². The molecule has 2 aromatic rings. The number of anilines is 2. The maximum atomic E-state index is 6.32. The summed E-state index contributed by atoms with van der Waals surface area (Å²) in [7, 11) is 2.18. The van der Waals surface area contributed by atoms with Crippen molar-refractivity contribution in [3.8, 4) is 0 Å². The smallest absolute Gasteiger partial charge is 0.225 e. The lowest BCUT2D eigenvalue weighted by Crippen LogP contribution is -2.49. The number of morpholine rings is 1. The fraction of sp³-hybridized carbons (Fsp3) is 0.522. The zero-order chi connectivity index (χ0) is 22.1. The minimum absolute atomic E-state index is 0.00866. The largest absolute Gasteiger partial charge is 0.378 e. The molecule has 2 saturated heterocycles. The molecule has 0 bridgehead atoms. The van der Waals surface area contributed by atoms with E-state index < -0.39 is 0 Å². The first-order valence-corrected chi connectivity index (χ1v) is 11.9. The number of aliphatic imine (C=N–C) groups is 1. The van der Waals surface area contributed by atoms with Crippen LogP contribution in [0.3, 0.4) is 0 Å². The average Bonchev–Trinajstić information content (AvgIpc) is 2.82. The summed E-state index contributed by atoms with van der Waals surface area (Å²) < 4.78 is 5.41. The van der Waals surface area contributed by atoms with E-state index in [1.807, 2.05) is 24.5 Å². The Balaban J connectivity index is 1.38. The third-order valence-electron chi connectivity index (χ3n) is 6.78. The first-order chi connectivity index (χ1) is 15.5. The molecule has 0 aliphatic carbocycles. The van der Waals surface area contributed by atoms with Gasteiger partial charge in [-0.15, -0.1) is 0 Å². The average molecular weight is 475 g/mol. The molecule has 170 valence electrons. The second-order valence-corrected chi connectivity index (χ2v) is 9.78. The van der Waals surface area contributed by atoms with Crippen LogP contribution in [0, 0.1) is 5.41 Å². The summed E-state index contributed by atoms with van der Waals surface area (Å²) in [5, 5.41) is 4.76. The number of likely N-dealkylation sites (tertiary alicyclic amines) is 1. The molecule has 1 spiro atoms. The van der Waals surface area contributed by atoms with Crippen molar-refractivity contribution in [3.05, 3.63) is 45.7 Å². The van der Waals surface area contributed by atoms with Crippen LogP contribution in [0.5, 0.6) is 0 Å². The minimum atomic E-state index is -0.00866. The summed E-state index contributed by atoms with van der Waals surface area (Å²) >= 11 is 12.6. The number of fused-ring (bicyclic) bond motifs is 1. The SMILES string of the molecule is CN1CCC2(CC1)Cc1cc(Cl)c(Cl)cc1NC2=NCc1cnc(N2CCOCC2)nc1. The fourth-order valence-electron chi connectivity index (χ4n) is 4.75. The number of hydrogen-bond acceptors (Lipinski definition) is 6. The van der Waals surface area contributed by atoms with Crippen LogP contribution < -0.4 is 10.2 Å². The summed E-state index contributed by atoms with van der Waals surface area (Å²) in [4.78, 5) is 18.7. The highest BCUT2D eigenvalue weighted by Crippen LogP contribution is 2.44. The molecular weight excluding hydrogens is 447 g/mol. The van der Waals surface area contributed by atoms with Crippen molar-refractivity contribution in [1.29, 1.82) is 0 Å². The predicted molar refractivity (Wildman–Crippen MR) is 129 cm³/mol. The Morgan fingerprint density at radius 2 is 1.75 bits per heavy atom. The van der Waals surface area contributed by atoms with E-state index in [9.17, 15) is 0 Å². The molecule has 3 aliphatic heterocycles. The number of amidine groups is 1. The van der Waals surface area contributed by atoms with Gasteiger partial charge in [-0.1, -0.05) is 23.2 Å². The molecule has 1 N–H and O–H groups in total. The Bertz CT molecular complexity index is 998. The van der Waals surface area contributed by atoms with Crippen molar-refractivity contribution in [2.24, 2.45) is 10.4 Å². The van der Waals surface area contributed by atoms with Crippen LogP contribution in [0.1, 0.15) is 24.0 Å². The summed E-state index contributed by atoms with van der Waals surface area (Å²) in [5.41, 5.74) is 3.20.